The highest BCUT2D eigenvalue weighted by molar-refractivity contribution is 5.50. The Morgan fingerprint density at radius 2 is 1.81 bits per heavy atom. The standard InChI is InChI=1S/C16H19N5/c17-21-15-9-14(19-16(20-15)11-6-7-11)18-13-8-12(13)10-4-2-1-3-5-10/h1-5,9,11-13H,6-8,17H2,(H2,18,19,20,21). The molecule has 21 heavy (non-hydrogen) atoms. The van der Waals surface area contributed by atoms with Crippen LogP contribution in [0.2, 0.25) is 0 Å². The number of hydrogen-bond acceptors (Lipinski definition) is 5. The van der Waals surface area contributed by atoms with E-state index in [-0.39, 0.29) is 0 Å². The predicted octanol–water partition coefficient (Wildman–Crippen LogP) is 2.61. The number of nitrogen functional groups attached to an aromatic ring is 1. The van der Waals surface area contributed by atoms with Gasteiger partial charge in [0.25, 0.3) is 0 Å². The van der Waals surface area contributed by atoms with Crippen molar-refractivity contribution in [2.24, 2.45) is 5.84 Å². The first-order valence-electron chi connectivity index (χ1n) is 7.50. The molecule has 4 rings (SSSR count). The van der Waals surface area contributed by atoms with Gasteiger partial charge < -0.3 is 10.7 Å². The molecule has 0 bridgehead atoms. The second-order valence-corrected chi connectivity index (χ2v) is 5.92. The number of anilines is 2. The molecule has 2 unspecified atom stereocenters. The van der Waals surface area contributed by atoms with Crippen molar-refractivity contribution < 1.29 is 0 Å². The topological polar surface area (TPSA) is 75.9 Å². The Kier molecular flexibility index (Phi) is 3.00. The Bertz CT molecular complexity index is 638. The van der Waals surface area contributed by atoms with E-state index < -0.39 is 0 Å². The fourth-order valence-corrected chi connectivity index (χ4v) is 2.75. The molecule has 2 fully saturated rings. The summed E-state index contributed by atoms with van der Waals surface area (Å²) < 4.78 is 0. The minimum atomic E-state index is 0.458. The molecule has 5 heteroatoms. The summed E-state index contributed by atoms with van der Waals surface area (Å²) in [5, 5.41) is 3.52. The van der Waals surface area contributed by atoms with Crippen molar-refractivity contribution >= 4 is 11.6 Å². The molecular weight excluding hydrogens is 262 g/mol. The fourth-order valence-electron chi connectivity index (χ4n) is 2.75. The third-order valence-corrected chi connectivity index (χ3v) is 4.19. The van der Waals surface area contributed by atoms with Crippen molar-refractivity contribution in [2.75, 3.05) is 10.7 Å². The number of benzene rings is 1. The molecule has 2 aliphatic rings. The zero-order valence-electron chi connectivity index (χ0n) is 11.8. The van der Waals surface area contributed by atoms with E-state index in [9.17, 15) is 0 Å². The van der Waals surface area contributed by atoms with Crippen LogP contribution in [-0.4, -0.2) is 16.0 Å². The summed E-state index contributed by atoms with van der Waals surface area (Å²) in [4.78, 5) is 9.07. The highest BCUT2D eigenvalue weighted by atomic mass is 15.3. The van der Waals surface area contributed by atoms with Crippen molar-refractivity contribution in [3.05, 3.63) is 47.8 Å². The number of aromatic nitrogens is 2. The molecule has 2 saturated carbocycles. The summed E-state index contributed by atoms with van der Waals surface area (Å²) in [7, 11) is 0. The van der Waals surface area contributed by atoms with Gasteiger partial charge in [0.2, 0.25) is 0 Å². The molecule has 2 atom stereocenters. The van der Waals surface area contributed by atoms with Crippen LogP contribution in [0, 0.1) is 0 Å². The average molecular weight is 281 g/mol. The molecule has 1 aromatic heterocycles. The molecule has 0 spiro atoms. The van der Waals surface area contributed by atoms with Crippen LogP contribution in [0.4, 0.5) is 11.6 Å². The molecule has 5 nitrogen and oxygen atoms in total. The third kappa shape index (κ3) is 2.69. The van der Waals surface area contributed by atoms with Gasteiger partial charge in [-0.25, -0.2) is 15.8 Å². The number of nitrogens with one attached hydrogen (secondary N) is 2. The molecule has 108 valence electrons. The maximum Gasteiger partial charge on any atom is 0.145 e. The van der Waals surface area contributed by atoms with Crippen molar-refractivity contribution in [2.45, 2.75) is 37.1 Å². The summed E-state index contributed by atoms with van der Waals surface area (Å²) in [6.07, 6.45) is 3.52. The van der Waals surface area contributed by atoms with Crippen LogP contribution in [0.5, 0.6) is 0 Å². The first-order chi connectivity index (χ1) is 10.3. The maximum absolute atomic E-state index is 5.50. The normalized spacial score (nSPS) is 23.7. The van der Waals surface area contributed by atoms with Crippen LogP contribution in [0.3, 0.4) is 0 Å². The van der Waals surface area contributed by atoms with E-state index in [4.69, 9.17) is 5.84 Å². The van der Waals surface area contributed by atoms with Crippen molar-refractivity contribution in [3.63, 3.8) is 0 Å². The van der Waals surface area contributed by atoms with Gasteiger partial charge in [-0.05, 0) is 24.8 Å². The first kappa shape index (κ1) is 12.6. The van der Waals surface area contributed by atoms with Gasteiger partial charge in [0.15, 0.2) is 0 Å². The number of nitrogens with two attached hydrogens (primary N) is 1. The molecule has 0 aliphatic heterocycles. The number of nitrogens with zero attached hydrogens (tertiary/aromatic N) is 2. The van der Waals surface area contributed by atoms with E-state index in [1.807, 2.05) is 6.07 Å². The second kappa shape index (κ2) is 5.00. The van der Waals surface area contributed by atoms with Gasteiger partial charge in [0.05, 0.1) is 0 Å². The lowest BCUT2D eigenvalue weighted by Gasteiger charge is -2.09. The zero-order chi connectivity index (χ0) is 14.2. The molecule has 0 amide bonds. The number of hydrogen-bond donors (Lipinski definition) is 3. The summed E-state index contributed by atoms with van der Waals surface area (Å²) >= 11 is 0. The minimum absolute atomic E-state index is 0.458. The van der Waals surface area contributed by atoms with Gasteiger partial charge in [-0.1, -0.05) is 30.3 Å². The van der Waals surface area contributed by atoms with Crippen molar-refractivity contribution in [1.82, 2.24) is 9.97 Å². The van der Waals surface area contributed by atoms with Crippen LogP contribution in [0.25, 0.3) is 0 Å². The third-order valence-electron chi connectivity index (χ3n) is 4.19. The maximum atomic E-state index is 5.50. The van der Waals surface area contributed by atoms with Gasteiger partial charge in [-0.15, -0.1) is 0 Å². The zero-order valence-corrected chi connectivity index (χ0v) is 11.8. The van der Waals surface area contributed by atoms with Gasteiger partial charge in [0.1, 0.15) is 17.5 Å². The smallest absolute Gasteiger partial charge is 0.145 e. The summed E-state index contributed by atoms with van der Waals surface area (Å²) in [5.74, 6) is 9.08. The van der Waals surface area contributed by atoms with Crippen LogP contribution >= 0.6 is 0 Å². The lowest BCUT2D eigenvalue weighted by Crippen LogP contribution is -2.13. The van der Waals surface area contributed by atoms with E-state index >= 15 is 0 Å². The SMILES string of the molecule is NNc1cc(NC2CC2c2ccccc2)nc(C2CC2)n1. The fraction of sp³-hybridized carbons (Fsp3) is 0.375. The van der Waals surface area contributed by atoms with E-state index in [1.165, 1.54) is 18.4 Å². The van der Waals surface area contributed by atoms with Crippen molar-refractivity contribution in [3.8, 4) is 0 Å². The average Bonchev–Trinajstić information content (AvgIpc) is 3.42. The highest BCUT2D eigenvalue weighted by Crippen LogP contribution is 2.43. The van der Waals surface area contributed by atoms with Gasteiger partial charge in [0, 0.05) is 23.9 Å². The first-order valence-corrected chi connectivity index (χ1v) is 7.50. The Labute approximate surface area is 124 Å². The highest BCUT2D eigenvalue weighted by Gasteiger charge is 2.38. The predicted molar refractivity (Wildman–Crippen MR) is 83.0 cm³/mol. The Morgan fingerprint density at radius 1 is 1.05 bits per heavy atom. The Balaban J connectivity index is 1.49. The van der Waals surface area contributed by atoms with Crippen LogP contribution in [0.1, 0.15) is 42.5 Å². The van der Waals surface area contributed by atoms with Crippen LogP contribution in [-0.2, 0) is 0 Å². The molecule has 0 saturated heterocycles. The number of rotatable bonds is 5. The largest absolute Gasteiger partial charge is 0.367 e. The Morgan fingerprint density at radius 3 is 2.52 bits per heavy atom. The minimum Gasteiger partial charge on any atom is -0.367 e. The van der Waals surface area contributed by atoms with E-state index in [0.717, 1.165) is 18.1 Å². The monoisotopic (exact) mass is 281 g/mol. The molecular formula is C16H19N5. The molecule has 1 heterocycles. The quantitative estimate of drug-likeness (QED) is 0.580. The number of hydrazine groups is 1. The van der Waals surface area contributed by atoms with Crippen molar-refractivity contribution in [1.29, 1.82) is 0 Å². The lowest BCUT2D eigenvalue weighted by atomic mass is 10.1. The second-order valence-electron chi connectivity index (χ2n) is 5.92. The van der Waals surface area contributed by atoms with Gasteiger partial charge in [-0.3, -0.25) is 0 Å². The molecule has 0 radical (unpaired) electrons. The van der Waals surface area contributed by atoms with Crippen LogP contribution in [0.15, 0.2) is 36.4 Å². The van der Waals surface area contributed by atoms with Crippen LogP contribution < -0.4 is 16.6 Å². The molecule has 1 aromatic carbocycles. The molecule has 2 aromatic rings. The summed E-state index contributed by atoms with van der Waals surface area (Å²) in [5.41, 5.74) is 4.03. The summed E-state index contributed by atoms with van der Waals surface area (Å²) in [6, 6.07) is 13.0. The Hall–Kier alpha value is -2.14. The van der Waals surface area contributed by atoms with E-state index in [2.05, 4.69) is 51.0 Å². The van der Waals surface area contributed by atoms with E-state index in [1.54, 1.807) is 0 Å². The van der Waals surface area contributed by atoms with E-state index in [0.29, 0.717) is 23.7 Å². The van der Waals surface area contributed by atoms with Gasteiger partial charge >= 0.3 is 0 Å². The summed E-state index contributed by atoms with van der Waals surface area (Å²) in [6.45, 7) is 0. The molecule has 4 N–H and O–H groups in total. The lowest BCUT2D eigenvalue weighted by molar-refractivity contribution is 0.915. The molecule has 2 aliphatic carbocycles. The van der Waals surface area contributed by atoms with Gasteiger partial charge in [-0.2, -0.15) is 0 Å².